The molecule has 1 aliphatic carbocycles. The molecule has 126 valence electrons. The highest BCUT2D eigenvalue weighted by atomic mass is 32.2. The summed E-state index contributed by atoms with van der Waals surface area (Å²) in [6.07, 6.45) is 6.17. The lowest BCUT2D eigenvalue weighted by Gasteiger charge is -2.22. The molecule has 3 rings (SSSR count). The molecule has 0 N–H and O–H groups in total. The largest absolute Gasteiger partial charge is 0.342 e. The molecule has 0 spiro atoms. The van der Waals surface area contributed by atoms with Gasteiger partial charge >= 0.3 is 0 Å². The summed E-state index contributed by atoms with van der Waals surface area (Å²) in [7, 11) is 0. The molecule has 2 fully saturated rings. The molecule has 1 saturated heterocycles. The molecule has 0 aromatic heterocycles. The molecular formula is C18H23F2NOS. The third-order valence-electron chi connectivity index (χ3n) is 4.94. The first-order valence-electron chi connectivity index (χ1n) is 8.48. The zero-order valence-corrected chi connectivity index (χ0v) is 14.1. The highest BCUT2D eigenvalue weighted by Crippen LogP contribution is 2.36. The first-order chi connectivity index (χ1) is 11.1. The Bertz CT molecular complexity index is 560. The molecule has 1 unspecified atom stereocenters. The molecule has 1 aromatic rings. The van der Waals surface area contributed by atoms with Gasteiger partial charge in [-0.1, -0.05) is 12.8 Å². The number of halogens is 2. The van der Waals surface area contributed by atoms with Crippen molar-refractivity contribution in [2.75, 3.05) is 18.8 Å². The first kappa shape index (κ1) is 16.7. The third kappa shape index (κ3) is 4.25. The van der Waals surface area contributed by atoms with E-state index in [4.69, 9.17) is 0 Å². The van der Waals surface area contributed by atoms with Crippen LogP contribution in [0.4, 0.5) is 8.78 Å². The fourth-order valence-corrected chi connectivity index (χ4v) is 4.86. The molecule has 0 radical (unpaired) electrons. The van der Waals surface area contributed by atoms with Crippen LogP contribution in [0.1, 0.15) is 49.3 Å². The maximum atomic E-state index is 14.0. The molecule has 2 aliphatic rings. The predicted octanol–water partition coefficient (Wildman–Crippen LogP) is 4.55. The van der Waals surface area contributed by atoms with Crippen molar-refractivity contribution in [3.8, 4) is 0 Å². The van der Waals surface area contributed by atoms with Crippen LogP contribution in [0, 0.1) is 17.6 Å². The van der Waals surface area contributed by atoms with Crippen LogP contribution in [0.15, 0.2) is 18.2 Å². The molecule has 1 heterocycles. The van der Waals surface area contributed by atoms with Gasteiger partial charge in [-0.3, -0.25) is 4.79 Å². The Morgan fingerprint density at radius 2 is 1.96 bits per heavy atom. The quantitative estimate of drug-likeness (QED) is 0.805. The molecule has 1 aromatic carbocycles. The van der Waals surface area contributed by atoms with E-state index < -0.39 is 5.82 Å². The Kier molecular flexibility index (Phi) is 5.57. The van der Waals surface area contributed by atoms with Crippen LogP contribution in [0.25, 0.3) is 0 Å². The highest BCUT2D eigenvalue weighted by molar-refractivity contribution is 7.99. The minimum atomic E-state index is -0.402. The number of hydrogen-bond acceptors (Lipinski definition) is 2. The topological polar surface area (TPSA) is 20.3 Å². The zero-order valence-electron chi connectivity index (χ0n) is 13.3. The van der Waals surface area contributed by atoms with E-state index in [-0.39, 0.29) is 17.0 Å². The van der Waals surface area contributed by atoms with Gasteiger partial charge in [-0.25, -0.2) is 8.78 Å². The van der Waals surface area contributed by atoms with E-state index >= 15 is 0 Å². The van der Waals surface area contributed by atoms with E-state index in [1.807, 2.05) is 4.90 Å². The molecule has 23 heavy (non-hydrogen) atoms. The summed E-state index contributed by atoms with van der Waals surface area (Å²) < 4.78 is 27.3. The van der Waals surface area contributed by atoms with Gasteiger partial charge in [-0.05, 0) is 43.4 Å². The van der Waals surface area contributed by atoms with Crippen molar-refractivity contribution in [3.05, 3.63) is 35.4 Å². The minimum absolute atomic E-state index is 0.0741. The van der Waals surface area contributed by atoms with Gasteiger partial charge in [0.25, 0.3) is 0 Å². The van der Waals surface area contributed by atoms with Crippen LogP contribution in [0.5, 0.6) is 0 Å². The Morgan fingerprint density at radius 3 is 2.74 bits per heavy atom. The second-order valence-corrected chi connectivity index (χ2v) is 7.86. The van der Waals surface area contributed by atoms with Gasteiger partial charge in [0.15, 0.2) is 0 Å². The Hall–Kier alpha value is -1.10. The number of thioether (sulfide) groups is 1. The summed E-state index contributed by atoms with van der Waals surface area (Å²) in [4.78, 5) is 14.4. The van der Waals surface area contributed by atoms with Crippen molar-refractivity contribution in [1.29, 1.82) is 0 Å². The van der Waals surface area contributed by atoms with Gasteiger partial charge < -0.3 is 4.90 Å². The number of nitrogens with zero attached hydrogens (tertiary/aromatic N) is 1. The summed E-state index contributed by atoms with van der Waals surface area (Å²) in [6, 6.07) is 3.64. The molecule has 1 atom stereocenters. The number of carbonyl (C=O) groups excluding carboxylic acids is 1. The van der Waals surface area contributed by atoms with Crippen molar-refractivity contribution in [1.82, 2.24) is 4.90 Å². The molecule has 0 bridgehead atoms. The SMILES string of the molecule is O=C(CC1CCCC1)N1CCSC(c2cc(F)ccc2F)CC1. The molecular weight excluding hydrogens is 316 g/mol. The van der Waals surface area contributed by atoms with E-state index in [9.17, 15) is 13.6 Å². The second kappa shape index (κ2) is 7.65. The summed E-state index contributed by atoms with van der Waals surface area (Å²) in [5.41, 5.74) is 0.431. The summed E-state index contributed by atoms with van der Waals surface area (Å²) in [5.74, 6) is 0.805. The molecule has 2 nitrogen and oxygen atoms in total. The molecule has 1 aliphatic heterocycles. The van der Waals surface area contributed by atoms with Gasteiger partial charge in [0.1, 0.15) is 11.6 Å². The molecule has 5 heteroatoms. The summed E-state index contributed by atoms with van der Waals surface area (Å²) in [6.45, 7) is 1.35. The third-order valence-corrected chi connectivity index (χ3v) is 6.25. The maximum Gasteiger partial charge on any atom is 0.222 e. The van der Waals surface area contributed by atoms with Gasteiger partial charge in [0.05, 0.1) is 0 Å². The standard InChI is InChI=1S/C18H23F2NOS/c19-14-5-6-16(20)15(12-14)17-7-8-21(9-10-23-17)18(22)11-13-3-1-2-4-13/h5-6,12-13,17H,1-4,7-11H2. The van der Waals surface area contributed by atoms with Gasteiger partial charge in [-0.15, -0.1) is 0 Å². The normalized spacial score (nSPS) is 23.0. The van der Waals surface area contributed by atoms with Crippen molar-refractivity contribution in [2.24, 2.45) is 5.92 Å². The van der Waals surface area contributed by atoms with Crippen molar-refractivity contribution >= 4 is 17.7 Å². The van der Waals surface area contributed by atoms with Crippen LogP contribution in [-0.2, 0) is 4.79 Å². The van der Waals surface area contributed by atoms with E-state index in [0.717, 1.165) is 11.8 Å². The van der Waals surface area contributed by atoms with Crippen LogP contribution in [-0.4, -0.2) is 29.6 Å². The highest BCUT2D eigenvalue weighted by Gasteiger charge is 2.26. The lowest BCUT2D eigenvalue weighted by atomic mass is 10.0. The minimum Gasteiger partial charge on any atom is -0.342 e. The number of hydrogen-bond donors (Lipinski definition) is 0. The number of amides is 1. The lowest BCUT2D eigenvalue weighted by molar-refractivity contribution is -0.131. The predicted molar refractivity (Wildman–Crippen MR) is 89.3 cm³/mol. The fourth-order valence-electron chi connectivity index (χ4n) is 3.62. The maximum absolute atomic E-state index is 14.0. The number of rotatable bonds is 3. The van der Waals surface area contributed by atoms with E-state index in [2.05, 4.69) is 0 Å². The fraction of sp³-hybridized carbons (Fsp3) is 0.611. The van der Waals surface area contributed by atoms with Crippen LogP contribution < -0.4 is 0 Å². The van der Waals surface area contributed by atoms with E-state index in [1.54, 1.807) is 11.8 Å². The Labute approximate surface area is 140 Å². The molecule has 1 amide bonds. The summed E-state index contributed by atoms with van der Waals surface area (Å²) in [5, 5.41) is -0.0741. The lowest BCUT2D eigenvalue weighted by Crippen LogP contribution is -2.33. The van der Waals surface area contributed by atoms with Crippen molar-refractivity contribution in [2.45, 2.75) is 43.8 Å². The van der Waals surface area contributed by atoms with Crippen LogP contribution in [0.3, 0.4) is 0 Å². The second-order valence-electron chi connectivity index (χ2n) is 6.55. The van der Waals surface area contributed by atoms with E-state index in [1.165, 1.54) is 37.8 Å². The first-order valence-corrected chi connectivity index (χ1v) is 9.52. The van der Waals surface area contributed by atoms with E-state index in [0.29, 0.717) is 37.4 Å². The van der Waals surface area contributed by atoms with Gasteiger partial charge in [-0.2, -0.15) is 11.8 Å². The molecule has 1 saturated carbocycles. The number of benzene rings is 1. The van der Waals surface area contributed by atoms with Gasteiger partial charge in [0.2, 0.25) is 5.91 Å². The van der Waals surface area contributed by atoms with Gasteiger partial charge in [0, 0.05) is 36.1 Å². The Morgan fingerprint density at radius 1 is 1.17 bits per heavy atom. The smallest absolute Gasteiger partial charge is 0.222 e. The van der Waals surface area contributed by atoms with Crippen LogP contribution >= 0.6 is 11.8 Å². The van der Waals surface area contributed by atoms with Crippen molar-refractivity contribution in [3.63, 3.8) is 0 Å². The average Bonchev–Trinajstić information content (AvgIpc) is 2.91. The van der Waals surface area contributed by atoms with Crippen molar-refractivity contribution < 1.29 is 13.6 Å². The number of carbonyl (C=O) groups is 1. The Balaban J connectivity index is 1.60. The summed E-state index contributed by atoms with van der Waals surface area (Å²) >= 11 is 1.62. The zero-order chi connectivity index (χ0) is 16.2. The van der Waals surface area contributed by atoms with Crippen LogP contribution in [0.2, 0.25) is 0 Å². The average molecular weight is 339 g/mol. The monoisotopic (exact) mass is 339 g/mol.